The van der Waals surface area contributed by atoms with Crippen molar-refractivity contribution in [1.29, 1.82) is 0 Å². The molecular weight excluding hydrogens is 316 g/mol. The van der Waals surface area contributed by atoms with E-state index in [9.17, 15) is 9.59 Å². The summed E-state index contributed by atoms with van der Waals surface area (Å²) in [6.45, 7) is 1.20. The predicted octanol–water partition coefficient (Wildman–Crippen LogP) is 2.85. The van der Waals surface area contributed by atoms with E-state index in [1.165, 1.54) is 6.20 Å². The van der Waals surface area contributed by atoms with Crippen LogP contribution in [-0.4, -0.2) is 34.5 Å². The molecule has 1 atom stereocenters. The molecule has 4 rings (SSSR count). The molecule has 25 heavy (non-hydrogen) atoms. The molecule has 1 aromatic heterocycles. The highest BCUT2D eigenvalue weighted by molar-refractivity contribution is 5.93. The molecule has 1 N–H and O–H groups in total. The van der Waals surface area contributed by atoms with Crippen molar-refractivity contribution in [2.45, 2.75) is 24.9 Å². The lowest BCUT2D eigenvalue weighted by molar-refractivity contribution is 0.0728. The fraction of sp³-hybridized carbons (Fsp3) is 0.300. The molecule has 1 amide bonds. The first kappa shape index (κ1) is 15.7. The number of para-hydroxylation sites is 1. The second-order valence-corrected chi connectivity index (χ2v) is 6.60. The van der Waals surface area contributed by atoms with E-state index in [-0.39, 0.29) is 22.6 Å². The van der Waals surface area contributed by atoms with Gasteiger partial charge in [-0.05, 0) is 37.1 Å². The van der Waals surface area contributed by atoms with Crippen molar-refractivity contribution in [3.8, 4) is 5.75 Å². The van der Waals surface area contributed by atoms with Gasteiger partial charge in [0.1, 0.15) is 16.9 Å². The van der Waals surface area contributed by atoms with E-state index < -0.39 is 0 Å². The molecule has 2 aliphatic heterocycles. The lowest BCUT2D eigenvalue weighted by Crippen LogP contribution is -2.39. The molecule has 128 valence electrons. The normalized spacial score (nSPS) is 22.2. The standard InChI is InChI=1S/C20H20N2O3/c23-18-16(6-3-12-21-18)19(24)22-13-4-9-20(11-14-22)10-8-15-5-1-2-7-17(15)25-20/h1-3,5-8,10,12H,4,9,11,13-14H2,(H,21,23). The molecule has 1 fully saturated rings. The Labute approximate surface area is 145 Å². The zero-order chi connectivity index (χ0) is 17.3. The number of hydrogen-bond donors (Lipinski definition) is 1. The average molecular weight is 336 g/mol. The van der Waals surface area contributed by atoms with Crippen LogP contribution < -0.4 is 10.3 Å². The number of aromatic amines is 1. The molecule has 0 saturated carbocycles. The topological polar surface area (TPSA) is 62.4 Å². The minimum atomic E-state index is -0.369. The van der Waals surface area contributed by atoms with Gasteiger partial charge in [-0.1, -0.05) is 24.3 Å². The van der Waals surface area contributed by atoms with Gasteiger partial charge in [-0.3, -0.25) is 9.59 Å². The van der Waals surface area contributed by atoms with Gasteiger partial charge >= 0.3 is 0 Å². The van der Waals surface area contributed by atoms with E-state index in [2.05, 4.69) is 17.1 Å². The van der Waals surface area contributed by atoms with Crippen LogP contribution in [-0.2, 0) is 0 Å². The molecule has 1 saturated heterocycles. The minimum Gasteiger partial charge on any atom is -0.483 e. The summed E-state index contributed by atoms with van der Waals surface area (Å²) in [6, 6.07) is 11.2. The molecule has 2 aliphatic rings. The van der Waals surface area contributed by atoms with Crippen molar-refractivity contribution in [3.05, 3.63) is 70.2 Å². The van der Waals surface area contributed by atoms with Crippen LogP contribution in [0.1, 0.15) is 35.2 Å². The Morgan fingerprint density at radius 3 is 2.88 bits per heavy atom. The number of fused-ring (bicyclic) bond motifs is 1. The minimum absolute atomic E-state index is 0.198. The van der Waals surface area contributed by atoms with Crippen molar-refractivity contribution in [2.75, 3.05) is 13.1 Å². The Morgan fingerprint density at radius 2 is 2.00 bits per heavy atom. The molecule has 1 spiro atoms. The fourth-order valence-corrected chi connectivity index (χ4v) is 3.57. The van der Waals surface area contributed by atoms with E-state index in [1.807, 2.05) is 24.3 Å². The van der Waals surface area contributed by atoms with Crippen LogP contribution >= 0.6 is 0 Å². The SMILES string of the molecule is O=C(c1ccc[nH]c1=O)N1CCCC2(C=Cc3ccccc3O2)CC1. The molecule has 5 heteroatoms. The summed E-state index contributed by atoms with van der Waals surface area (Å²) in [6.07, 6.45) is 8.18. The number of H-pyrrole nitrogens is 1. The lowest BCUT2D eigenvalue weighted by Gasteiger charge is -2.34. The number of likely N-dealkylation sites (tertiary alicyclic amines) is 1. The first-order chi connectivity index (χ1) is 12.2. The molecule has 0 bridgehead atoms. The van der Waals surface area contributed by atoms with Gasteiger partial charge in [-0.25, -0.2) is 0 Å². The van der Waals surface area contributed by atoms with Gasteiger partial charge in [-0.2, -0.15) is 0 Å². The van der Waals surface area contributed by atoms with Gasteiger partial charge in [-0.15, -0.1) is 0 Å². The number of aromatic nitrogens is 1. The summed E-state index contributed by atoms with van der Waals surface area (Å²) >= 11 is 0. The van der Waals surface area contributed by atoms with Gasteiger partial charge in [0.05, 0.1) is 0 Å². The highest BCUT2D eigenvalue weighted by atomic mass is 16.5. The third kappa shape index (κ3) is 2.97. The summed E-state index contributed by atoms with van der Waals surface area (Å²) in [7, 11) is 0. The van der Waals surface area contributed by atoms with Crippen LogP contribution in [0.15, 0.2) is 53.5 Å². The Bertz CT molecular complexity index is 886. The fourth-order valence-electron chi connectivity index (χ4n) is 3.57. The van der Waals surface area contributed by atoms with Crippen molar-refractivity contribution in [1.82, 2.24) is 9.88 Å². The van der Waals surface area contributed by atoms with Gasteiger partial charge in [0.15, 0.2) is 0 Å². The van der Waals surface area contributed by atoms with Crippen molar-refractivity contribution in [2.24, 2.45) is 0 Å². The summed E-state index contributed by atoms with van der Waals surface area (Å²) < 4.78 is 6.31. The van der Waals surface area contributed by atoms with E-state index in [0.29, 0.717) is 19.5 Å². The van der Waals surface area contributed by atoms with Gasteiger partial charge in [0.25, 0.3) is 11.5 Å². The van der Waals surface area contributed by atoms with Crippen molar-refractivity contribution < 1.29 is 9.53 Å². The number of carbonyl (C=O) groups excluding carboxylic acids is 1. The number of benzene rings is 1. The smallest absolute Gasteiger partial charge is 0.260 e. The maximum absolute atomic E-state index is 12.7. The van der Waals surface area contributed by atoms with E-state index in [1.54, 1.807) is 17.0 Å². The highest BCUT2D eigenvalue weighted by Crippen LogP contribution is 2.36. The number of nitrogens with zero attached hydrogens (tertiary/aromatic N) is 1. The Morgan fingerprint density at radius 1 is 1.12 bits per heavy atom. The van der Waals surface area contributed by atoms with Crippen LogP contribution in [0, 0.1) is 0 Å². The van der Waals surface area contributed by atoms with Crippen LogP contribution in [0.5, 0.6) is 5.75 Å². The average Bonchev–Trinajstić information content (AvgIpc) is 2.84. The summed E-state index contributed by atoms with van der Waals surface area (Å²) in [5, 5.41) is 0. The number of carbonyl (C=O) groups is 1. The molecular formula is C20H20N2O3. The Kier molecular flexibility index (Phi) is 3.92. The molecule has 2 aromatic rings. The molecule has 5 nitrogen and oxygen atoms in total. The molecule has 0 aliphatic carbocycles. The molecule has 0 radical (unpaired) electrons. The first-order valence-corrected chi connectivity index (χ1v) is 8.61. The Balaban J connectivity index is 1.53. The van der Waals surface area contributed by atoms with Crippen molar-refractivity contribution in [3.63, 3.8) is 0 Å². The monoisotopic (exact) mass is 336 g/mol. The van der Waals surface area contributed by atoms with Crippen molar-refractivity contribution >= 4 is 12.0 Å². The number of amides is 1. The van der Waals surface area contributed by atoms with E-state index >= 15 is 0 Å². The van der Waals surface area contributed by atoms with Crippen LogP contribution in [0.3, 0.4) is 0 Å². The maximum atomic E-state index is 12.7. The second-order valence-electron chi connectivity index (χ2n) is 6.60. The summed E-state index contributed by atoms with van der Waals surface area (Å²) in [5.74, 6) is 0.684. The summed E-state index contributed by atoms with van der Waals surface area (Å²) in [5.41, 5.74) is 0.575. The number of pyridine rings is 1. The van der Waals surface area contributed by atoms with E-state index in [0.717, 1.165) is 24.2 Å². The molecule has 1 aromatic carbocycles. The number of ether oxygens (including phenoxy) is 1. The summed E-state index contributed by atoms with van der Waals surface area (Å²) in [4.78, 5) is 28.9. The number of rotatable bonds is 1. The number of hydrogen-bond acceptors (Lipinski definition) is 3. The predicted molar refractivity (Wildman–Crippen MR) is 95.7 cm³/mol. The van der Waals surface area contributed by atoms with Crippen LogP contribution in [0.2, 0.25) is 0 Å². The highest BCUT2D eigenvalue weighted by Gasteiger charge is 2.36. The van der Waals surface area contributed by atoms with Crippen LogP contribution in [0.25, 0.3) is 6.08 Å². The largest absolute Gasteiger partial charge is 0.483 e. The third-order valence-corrected chi connectivity index (χ3v) is 4.97. The van der Waals surface area contributed by atoms with Crippen LogP contribution in [0.4, 0.5) is 0 Å². The Hall–Kier alpha value is -2.82. The van der Waals surface area contributed by atoms with Gasteiger partial charge < -0.3 is 14.6 Å². The van der Waals surface area contributed by atoms with E-state index in [4.69, 9.17) is 4.74 Å². The third-order valence-electron chi connectivity index (χ3n) is 4.97. The molecule has 1 unspecified atom stereocenters. The van der Waals surface area contributed by atoms with Gasteiger partial charge in [0.2, 0.25) is 0 Å². The number of nitrogens with one attached hydrogen (secondary N) is 1. The van der Waals surface area contributed by atoms with Gasteiger partial charge in [0, 0.05) is 31.3 Å². The quantitative estimate of drug-likeness (QED) is 0.871. The first-order valence-electron chi connectivity index (χ1n) is 8.61. The zero-order valence-electron chi connectivity index (χ0n) is 13.9. The second kappa shape index (κ2) is 6.24. The molecule has 3 heterocycles. The zero-order valence-corrected chi connectivity index (χ0v) is 13.9. The maximum Gasteiger partial charge on any atom is 0.260 e. The lowest BCUT2D eigenvalue weighted by atomic mass is 9.91.